The highest BCUT2D eigenvalue weighted by molar-refractivity contribution is 7.12. The molecule has 6 rings (SSSR count). The summed E-state index contributed by atoms with van der Waals surface area (Å²) in [5.74, 6) is 1.31. The number of aromatic nitrogens is 4. The number of nitrogens with zero attached hydrogens (tertiary/aromatic N) is 6. The fourth-order valence-electron chi connectivity index (χ4n) is 4.94. The molecule has 1 amide bonds. The summed E-state index contributed by atoms with van der Waals surface area (Å²) in [6.45, 7) is 4.70. The number of hydrogen-bond donors (Lipinski definition) is 0. The number of halogens is 1. The normalized spacial score (nSPS) is 14.2. The Kier molecular flexibility index (Phi) is 6.59. The minimum Gasteiger partial charge on any atom is -0.354 e. The van der Waals surface area contributed by atoms with Crippen molar-refractivity contribution in [3.05, 3.63) is 99.9 Å². The second-order valence-corrected chi connectivity index (χ2v) is 10.4. The largest absolute Gasteiger partial charge is 0.354 e. The quantitative estimate of drug-likeness (QED) is 0.312. The molecule has 1 fully saturated rings. The molecule has 0 atom stereocenters. The van der Waals surface area contributed by atoms with Crippen LogP contribution >= 0.6 is 11.3 Å². The van der Waals surface area contributed by atoms with Crippen molar-refractivity contribution in [3.8, 4) is 5.69 Å². The molecular formula is C29H27FN6OS. The third kappa shape index (κ3) is 4.77. The summed E-state index contributed by atoms with van der Waals surface area (Å²) in [6.07, 6.45) is 1.41. The number of hydrogen-bond acceptors (Lipinski definition) is 6. The smallest absolute Gasteiger partial charge is 0.263 e. The number of aryl methyl sites for hydroxylation is 1. The number of rotatable bonds is 5. The fraction of sp³-hybridized carbons (Fsp3) is 0.241. The first-order valence-corrected chi connectivity index (χ1v) is 13.6. The second kappa shape index (κ2) is 10.3. The molecule has 0 spiro atoms. The summed E-state index contributed by atoms with van der Waals surface area (Å²) in [5, 5.41) is 7.61. The minimum atomic E-state index is -0.298. The highest BCUT2D eigenvalue weighted by Gasteiger charge is 2.26. The third-order valence-electron chi connectivity index (χ3n) is 6.82. The van der Waals surface area contributed by atoms with Gasteiger partial charge in [-0.15, -0.1) is 11.3 Å². The van der Waals surface area contributed by atoms with Crippen LogP contribution in [0.2, 0.25) is 0 Å². The molecule has 7 nitrogen and oxygen atoms in total. The number of thiophene rings is 1. The van der Waals surface area contributed by atoms with Crippen LogP contribution in [-0.4, -0.2) is 56.7 Å². The highest BCUT2D eigenvalue weighted by atomic mass is 32.1. The van der Waals surface area contributed by atoms with Gasteiger partial charge in [0.1, 0.15) is 17.5 Å². The summed E-state index contributed by atoms with van der Waals surface area (Å²) in [7, 11) is 0. The van der Waals surface area contributed by atoms with E-state index >= 15 is 0 Å². The third-order valence-corrected chi connectivity index (χ3v) is 7.68. The Morgan fingerprint density at radius 2 is 1.76 bits per heavy atom. The zero-order valence-corrected chi connectivity index (χ0v) is 21.9. The molecule has 38 heavy (non-hydrogen) atoms. The van der Waals surface area contributed by atoms with Crippen LogP contribution in [-0.2, 0) is 6.42 Å². The maximum Gasteiger partial charge on any atom is 0.263 e. The number of carbonyl (C=O) groups excluding carboxylic acids is 1. The van der Waals surface area contributed by atoms with Crippen LogP contribution in [0, 0.1) is 12.7 Å². The number of fused-ring (bicyclic) bond motifs is 1. The van der Waals surface area contributed by atoms with Gasteiger partial charge >= 0.3 is 0 Å². The summed E-state index contributed by atoms with van der Waals surface area (Å²) in [6, 6.07) is 20.2. The molecule has 4 heterocycles. The van der Waals surface area contributed by atoms with Gasteiger partial charge in [-0.1, -0.05) is 36.4 Å². The SMILES string of the molecule is Cc1nn(-c2ccc(F)cc2)c2nc(Cc3ccccc3)nc(N3CCCN(C(=O)c4cccs4)CC3)c12. The highest BCUT2D eigenvalue weighted by Crippen LogP contribution is 2.30. The van der Waals surface area contributed by atoms with Gasteiger partial charge in [0.2, 0.25) is 0 Å². The van der Waals surface area contributed by atoms with Gasteiger partial charge in [0.25, 0.3) is 5.91 Å². The Labute approximate surface area is 224 Å². The zero-order valence-electron chi connectivity index (χ0n) is 21.0. The van der Waals surface area contributed by atoms with E-state index in [4.69, 9.17) is 15.1 Å². The summed E-state index contributed by atoms with van der Waals surface area (Å²) in [4.78, 5) is 28.0. The van der Waals surface area contributed by atoms with Crippen LogP contribution in [0.15, 0.2) is 72.1 Å². The van der Waals surface area contributed by atoms with Crippen molar-refractivity contribution in [1.29, 1.82) is 0 Å². The van der Waals surface area contributed by atoms with Gasteiger partial charge in [0, 0.05) is 32.6 Å². The molecule has 0 aliphatic carbocycles. The molecule has 0 radical (unpaired) electrons. The first-order valence-electron chi connectivity index (χ1n) is 12.7. The van der Waals surface area contributed by atoms with E-state index in [-0.39, 0.29) is 11.7 Å². The number of amides is 1. The number of anilines is 1. The predicted octanol–water partition coefficient (Wildman–Crippen LogP) is 5.27. The lowest BCUT2D eigenvalue weighted by Crippen LogP contribution is -2.35. The van der Waals surface area contributed by atoms with E-state index < -0.39 is 0 Å². The monoisotopic (exact) mass is 526 g/mol. The summed E-state index contributed by atoms with van der Waals surface area (Å²) >= 11 is 1.48. The van der Waals surface area contributed by atoms with E-state index in [0.29, 0.717) is 37.5 Å². The lowest BCUT2D eigenvalue weighted by Gasteiger charge is -2.24. The van der Waals surface area contributed by atoms with Crippen LogP contribution in [0.3, 0.4) is 0 Å². The van der Waals surface area contributed by atoms with Crippen molar-refractivity contribution in [1.82, 2.24) is 24.6 Å². The van der Waals surface area contributed by atoms with Crippen LogP contribution in [0.1, 0.15) is 33.2 Å². The molecule has 0 N–H and O–H groups in total. The Bertz CT molecular complexity index is 1570. The van der Waals surface area contributed by atoms with E-state index in [1.165, 1.54) is 23.5 Å². The first kappa shape index (κ1) is 24.2. The van der Waals surface area contributed by atoms with Crippen molar-refractivity contribution >= 4 is 34.1 Å². The molecule has 2 aromatic carbocycles. The average Bonchev–Trinajstić information content (AvgIpc) is 3.51. The Morgan fingerprint density at radius 1 is 0.947 bits per heavy atom. The molecule has 0 bridgehead atoms. The Balaban J connectivity index is 1.40. The van der Waals surface area contributed by atoms with Crippen LogP contribution < -0.4 is 4.90 Å². The lowest BCUT2D eigenvalue weighted by molar-refractivity contribution is 0.0772. The van der Waals surface area contributed by atoms with Crippen molar-refractivity contribution in [2.45, 2.75) is 19.8 Å². The molecule has 0 unspecified atom stereocenters. The first-order chi connectivity index (χ1) is 18.6. The zero-order chi connectivity index (χ0) is 26.1. The van der Waals surface area contributed by atoms with E-state index in [1.807, 2.05) is 47.5 Å². The lowest BCUT2D eigenvalue weighted by atomic mass is 10.1. The molecule has 1 aliphatic heterocycles. The molecule has 3 aromatic heterocycles. The van der Waals surface area contributed by atoms with Gasteiger partial charge in [-0.2, -0.15) is 5.10 Å². The van der Waals surface area contributed by atoms with E-state index in [2.05, 4.69) is 17.0 Å². The molecule has 0 saturated carbocycles. The van der Waals surface area contributed by atoms with Gasteiger partial charge in [-0.05, 0) is 54.6 Å². The molecular weight excluding hydrogens is 499 g/mol. The van der Waals surface area contributed by atoms with Crippen molar-refractivity contribution in [2.24, 2.45) is 0 Å². The Hall–Kier alpha value is -4.11. The van der Waals surface area contributed by atoms with Gasteiger partial charge < -0.3 is 9.80 Å². The second-order valence-electron chi connectivity index (χ2n) is 9.41. The number of carbonyl (C=O) groups is 1. The molecule has 192 valence electrons. The summed E-state index contributed by atoms with van der Waals surface area (Å²) < 4.78 is 15.4. The van der Waals surface area contributed by atoms with E-state index in [1.54, 1.807) is 16.8 Å². The standard InChI is InChI=1S/C29H27FN6OS/c1-20-26-27(34-14-6-15-35(17-16-34)29(37)24-9-5-18-38-24)31-25(19-21-7-3-2-4-8-21)32-28(26)36(33-20)23-12-10-22(30)11-13-23/h2-5,7-13,18H,6,14-17,19H2,1H3. The van der Waals surface area contributed by atoms with E-state index in [0.717, 1.165) is 46.0 Å². The molecule has 5 aromatic rings. The van der Waals surface area contributed by atoms with Gasteiger partial charge in [-0.25, -0.2) is 19.0 Å². The average molecular weight is 527 g/mol. The maximum absolute atomic E-state index is 13.7. The minimum absolute atomic E-state index is 0.0831. The van der Waals surface area contributed by atoms with Crippen LogP contribution in [0.5, 0.6) is 0 Å². The molecule has 1 saturated heterocycles. The maximum atomic E-state index is 13.7. The van der Waals surface area contributed by atoms with Crippen LogP contribution in [0.25, 0.3) is 16.7 Å². The molecule has 9 heteroatoms. The summed E-state index contributed by atoms with van der Waals surface area (Å²) in [5.41, 5.74) is 3.36. The van der Waals surface area contributed by atoms with Gasteiger partial charge in [0.05, 0.1) is 21.6 Å². The van der Waals surface area contributed by atoms with Crippen molar-refractivity contribution in [3.63, 3.8) is 0 Å². The van der Waals surface area contributed by atoms with Gasteiger partial charge in [0.15, 0.2) is 5.65 Å². The van der Waals surface area contributed by atoms with Crippen molar-refractivity contribution < 1.29 is 9.18 Å². The predicted molar refractivity (Wildman–Crippen MR) is 148 cm³/mol. The fourth-order valence-corrected chi connectivity index (χ4v) is 5.63. The van der Waals surface area contributed by atoms with Gasteiger partial charge in [-0.3, -0.25) is 4.79 Å². The van der Waals surface area contributed by atoms with Crippen LogP contribution in [0.4, 0.5) is 10.2 Å². The molecule has 1 aliphatic rings. The van der Waals surface area contributed by atoms with Crippen molar-refractivity contribution in [2.75, 3.05) is 31.1 Å². The topological polar surface area (TPSA) is 67.2 Å². The number of benzene rings is 2. The Morgan fingerprint density at radius 3 is 2.53 bits per heavy atom. The van der Waals surface area contributed by atoms with E-state index in [9.17, 15) is 9.18 Å².